The zero-order valence-electron chi connectivity index (χ0n) is 20.8. The molecule has 4 N–H and O–H groups in total. The number of nitrogens with one attached hydrogen (secondary N) is 4. The van der Waals surface area contributed by atoms with Crippen LogP contribution in [0.3, 0.4) is 0 Å². The third kappa shape index (κ3) is 20.1. The van der Waals surface area contributed by atoms with Crippen LogP contribution < -0.4 is 21.3 Å². The standard InChI is InChI=1S/C25H39N5.6BrH/c1-2-7-23(8-3-1)20-29-21-24-9-4-10-25(19-24)22-30-17-6-13-27-15-14-26-11-5-12-28-16-18-30;;;;;;/h1-4,7-10,19,26-29H,5-6,11-18,20-22H2;6*1H. The van der Waals surface area contributed by atoms with Gasteiger partial charge in [0.05, 0.1) is 0 Å². The highest BCUT2D eigenvalue weighted by Gasteiger charge is 2.07. The van der Waals surface area contributed by atoms with Gasteiger partial charge in [-0.25, -0.2) is 0 Å². The van der Waals surface area contributed by atoms with Crippen molar-refractivity contribution < 1.29 is 0 Å². The molecule has 0 bridgehead atoms. The number of halogens is 6. The maximum Gasteiger partial charge on any atom is 0.0234 e. The fraction of sp³-hybridized carbons (Fsp3) is 0.520. The van der Waals surface area contributed by atoms with Crippen LogP contribution in [-0.2, 0) is 19.6 Å². The summed E-state index contributed by atoms with van der Waals surface area (Å²) in [7, 11) is 0. The van der Waals surface area contributed by atoms with Crippen LogP contribution in [-0.4, -0.2) is 57.3 Å². The van der Waals surface area contributed by atoms with Gasteiger partial charge in [-0.1, -0.05) is 54.6 Å². The van der Waals surface area contributed by atoms with Crippen molar-refractivity contribution in [2.24, 2.45) is 0 Å². The first-order chi connectivity index (χ1) is 14.9. The molecule has 0 spiro atoms. The predicted molar refractivity (Wildman–Crippen MR) is 188 cm³/mol. The molecule has 0 radical (unpaired) electrons. The quantitative estimate of drug-likeness (QED) is 0.296. The van der Waals surface area contributed by atoms with E-state index in [-0.39, 0.29) is 102 Å². The van der Waals surface area contributed by atoms with Crippen LogP contribution in [0, 0.1) is 0 Å². The van der Waals surface area contributed by atoms with Gasteiger partial charge in [-0.3, -0.25) is 4.90 Å². The summed E-state index contributed by atoms with van der Waals surface area (Å²) in [5, 5.41) is 14.2. The first-order valence-electron chi connectivity index (χ1n) is 11.6. The molecule has 0 aromatic heterocycles. The zero-order valence-corrected chi connectivity index (χ0v) is 31.1. The van der Waals surface area contributed by atoms with Crippen LogP contribution in [0.1, 0.15) is 29.5 Å². The van der Waals surface area contributed by atoms with Crippen LogP contribution >= 0.6 is 102 Å². The van der Waals surface area contributed by atoms with Gasteiger partial charge in [0.15, 0.2) is 0 Å². The van der Waals surface area contributed by atoms with Gasteiger partial charge >= 0.3 is 0 Å². The maximum atomic E-state index is 3.60. The van der Waals surface area contributed by atoms with Gasteiger partial charge in [0, 0.05) is 45.8 Å². The van der Waals surface area contributed by atoms with Gasteiger partial charge in [0.1, 0.15) is 0 Å². The van der Waals surface area contributed by atoms with Gasteiger partial charge in [-0.05, 0) is 55.7 Å². The highest BCUT2D eigenvalue weighted by molar-refractivity contribution is 8.93. The molecule has 0 aliphatic carbocycles. The Morgan fingerprint density at radius 2 is 1.11 bits per heavy atom. The Bertz CT molecular complexity index is 700. The van der Waals surface area contributed by atoms with E-state index >= 15 is 0 Å². The summed E-state index contributed by atoms with van der Waals surface area (Å²) in [4.78, 5) is 2.59. The smallest absolute Gasteiger partial charge is 0.0234 e. The van der Waals surface area contributed by atoms with Crippen LogP contribution in [0.5, 0.6) is 0 Å². The lowest BCUT2D eigenvalue weighted by molar-refractivity contribution is 0.260. The Morgan fingerprint density at radius 3 is 1.81 bits per heavy atom. The number of rotatable bonds is 6. The maximum absolute atomic E-state index is 3.60. The molecule has 1 saturated heterocycles. The molecule has 1 heterocycles. The second-order valence-electron chi connectivity index (χ2n) is 8.14. The molecule has 0 saturated carbocycles. The van der Waals surface area contributed by atoms with Crippen LogP contribution in [0.4, 0.5) is 0 Å². The topological polar surface area (TPSA) is 51.4 Å². The fourth-order valence-electron chi connectivity index (χ4n) is 3.87. The molecule has 36 heavy (non-hydrogen) atoms. The highest BCUT2D eigenvalue weighted by Crippen LogP contribution is 2.09. The predicted octanol–water partition coefficient (Wildman–Crippen LogP) is 5.81. The SMILES string of the molecule is Br.Br.Br.Br.Br.Br.c1ccc(CNCc2cccc(CN3CCCNCCNCCCNCC3)c2)cc1. The first kappa shape index (κ1) is 44.1. The normalized spacial score (nSPS) is 15.0. The van der Waals surface area contributed by atoms with E-state index in [4.69, 9.17) is 0 Å². The van der Waals surface area contributed by atoms with Gasteiger partial charge in [0.2, 0.25) is 0 Å². The highest BCUT2D eigenvalue weighted by atomic mass is 79.9. The number of hydrogen-bond donors (Lipinski definition) is 4. The van der Waals surface area contributed by atoms with Crippen molar-refractivity contribution in [1.29, 1.82) is 0 Å². The van der Waals surface area contributed by atoms with E-state index in [0.29, 0.717) is 0 Å². The molecular formula is C25H45Br6N5. The summed E-state index contributed by atoms with van der Waals surface area (Å²) in [6, 6.07) is 19.7. The fourth-order valence-corrected chi connectivity index (χ4v) is 3.87. The molecule has 1 fully saturated rings. The van der Waals surface area contributed by atoms with E-state index < -0.39 is 0 Å². The minimum Gasteiger partial charge on any atom is -0.315 e. The molecule has 0 atom stereocenters. The first-order valence-corrected chi connectivity index (χ1v) is 11.6. The van der Waals surface area contributed by atoms with Crippen molar-refractivity contribution in [3.8, 4) is 0 Å². The lowest BCUT2D eigenvalue weighted by Gasteiger charge is -2.23. The molecule has 212 valence electrons. The van der Waals surface area contributed by atoms with Gasteiger partial charge in [-0.2, -0.15) is 0 Å². The summed E-state index contributed by atoms with van der Waals surface area (Å²) < 4.78 is 0. The molecule has 11 heteroatoms. The second-order valence-corrected chi connectivity index (χ2v) is 8.14. The molecule has 2 aromatic rings. The molecule has 5 nitrogen and oxygen atoms in total. The Balaban J connectivity index is -0.000000853. The minimum absolute atomic E-state index is 0. The lowest BCUT2D eigenvalue weighted by atomic mass is 10.1. The second kappa shape index (κ2) is 29.1. The van der Waals surface area contributed by atoms with Gasteiger partial charge in [0.25, 0.3) is 0 Å². The minimum atomic E-state index is 0. The van der Waals surface area contributed by atoms with E-state index in [1.807, 2.05) is 0 Å². The van der Waals surface area contributed by atoms with E-state index in [9.17, 15) is 0 Å². The average molecular weight is 895 g/mol. The van der Waals surface area contributed by atoms with E-state index in [1.54, 1.807) is 0 Å². The van der Waals surface area contributed by atoms with Gasteiger partial charge in [-0.15, -0.1) is 102 Å². The molecule has 2 aromatic carbocycles. The van der Waals surface area contributed by atoms with Crippen molar-refractivity contribution in [1.82, 2.24) is 26.2 Å². The molecule has 1 aliphatic heterocycles. The lowest BCUT2D eigenvalue weighted by Crippen LogP contribution is -2.36. The summed E-state index contributed by atoms with van der Waals surface area (Å²) in [5.41, 5.74) is 4.10. The van der Waals surface area contributed by atoms with Crippen LogP contribution in [0.25, 0.3) is 0 Å². The Hall–Kier alpha value is 1.12. The molecule has 3 rings (SSSR count). The number of hydrogen-bond acceptors (Lipinski definition) is 5. The summed E-state index contributed by atoms with van der Waals surface area (Å²) >= 11 is 0. The van der Waals surface area contributed by atoms with Crippen LogP contribution in [0.2, 0.25) is 0 Å². The Labute approximate surface area is 281 Å². The summed E-state index contributed by atoms with van der Waals surface area (Å²) in [6.07, 6.45) is 2.39. The molecular weight excluding hydrogens is 850 g/mol. The average Bonchev–Trinajstić information content (AvgIpc) is 2.77. The van der Waals surface area contributed by atoms with Crippen LogP contribution in [0.15, 0.2) is 54.6 Å². The van der Waals surface area contributed by atoms with E-state index in [0.717, 1.165) is 72.0 Å². The number of nitrogens with zero attached hydrogens (tertiary/aromatic N) is 1. The van der Waals surface area contributed by atoms with E-state index in [2.05, 4.69) is 80.8 Å². The summed E-state index contributed by atoms with van der Waals surface area (Å²) in [5.74, 6) is 0. The Kier molecular flexibility index (Phi) is 35.7. The Morgan fingerprint density at radius 1 is 0.556 bits per heavy atom. The van der Waals surface area contributed by atoms with Crippen molar-refractivity contribution in [3.63, 3.8) is 0 Å². The van der Waals surface area contributed by atoms with Crippen molar-refractivity contribution >= 4 is 102 Å². The molecule has 0 amide bonds. The monoisotopic (exact) mass is 889 g/mol. The largest absolute Gasteiger partial charge is 0.315 e. The zero-order chi connectivity index (χ0) is 20.7. The molecule has 0 unspecified atom stereocenters. The van der Waals surface area contributed by atoms with Crippen molar-refractivity contribution in [2.45, 2.75) is 32.5 Å². The third-order valence-electron chi connectivity index (χ3n) is 5.52. The van der Waals surface area contributed by atoms with Gasteiger partial charge < -0.3 is 21.3 Å². The van der Waals surface area contributed by atoms with Crippen molar-refractivity contribution in [3.05, 3.63) is 71.3 Å². The molecule has 1 aliphatic rings. The van der Waals surface area contributed by atoms with E-state index in [1.165, 1.54) is 29.5 Å². The third-order valence-corrected chi connectivity index (χ3v) is 5.52. The number of benzene rings is 2. The summed E-state index contributed by atoms with van der Waals surface area (Å²) in [6.45, 7) is 11.5. The van der Waals surface area contributed by atoms with Crippen molar-refractivity contribution in [2.75, 3.05) is 52.4 Å².